The molecule has 0 aliphatic rings. The topological polar surface area (TPSA) is 35.5 Å². The minimum atomic E-state index is 0.332. The van der Waals surface area contributed by atoms with E-state index >= 15 is 0 Å². The molecule has 3 nitrogen and oxygen atoms in total. The summed E-state index contributed by atoms with van der Waals surface area (Å²) < 4.78 is 0. The van der Waals surface area contributed by atoms with Crippen molar-refractivity contribution in [3.63, 3.8) is 0 Å². The first-order chi connectivity index (χ1) is 8.11. The summed E-state index contributed by atoms with van der Waals surface area (Å²) >= 11 is 0. The van der Waals surface area contributed by atoms with E-state index in [1.807, 2.05) is 12.1 Å². The van der Waals surface area contributed by atoms with E-state index < -0.39 is 0 Å². The number of hydrogen-bond donors (Lipinski definition) is 2. The summed E-state index contributed by atoms with van der Waals surface area (Å²) in [4.78, 5) is 2.39. The number of phenols is 1. The highest BCUT2D eigenvalue weighted by molar-refractivity contribution is 5.25. The van der Waals surface area contributed by atoms with Crippen LogP contribution in [0.1, 0.15) is 26.3 Å². The van der Waals surface area contributed by atoms with Gasteiger partial charge < -0.3 is 10.4 Å². The van der Waals surface area contributed by atoms with Crippen molar-refractivity contribution >= 4 is 0 Å². The Kier molecular flexibility index (Phi) is 6.01. The van der Waals surface area contributed by atoms with Gasteiger partial charge in [0.2, 0.25) is 0 Å². The van der Waals surface area contributed by atoms with Crippen molar-refractivity contribution in [2.75, 3.05) is 19.6 Å². The first-order valence-electron chi connectivity index (χ1n) is 6.35. The predicted octanol–water partition coefficient (Wildman–Crippen LogP) is 2.21. The molecule has 0 spiro atoms. The van der Waals surface area contributed by atoms with Crippen LogP contribution in [0.3, 0.4) is 0 Å². The van der Waals surface area contributed by atoms with Crippen molar-refractivity contribution in [1.29, 1.82) is 0 Å². The van der Waals surface area contributed by atoms with E-state index in [1.54, 1.807) is 12.1 Å². The van der Waals surface area contributed by atoms with Crippen LogP contribution in [0, 0.1) is 0 Å². The van der Waals surface area contributed by atoms with Gasteiger partial charge in [0, 0.05) is 25.7 Å². The predicted molar refractivity (Wildman–Crippen MR) is 72.2 cm³/mol. The Labute approximate surface area is 104 Å². The quantitative estimate of drug-likeness (QED) is 0.762. The van der Waals surface area contributed by atoms with E-state index in [1.165, 1.54) is 5.56 Å². The molecule has 0 heterocycles. The molecule has 0 amide bonds. The van der Waals surface area contributed by atoms with Crippen molar-refractivity contribution in [3.05, 3.63) is 29.8 Å². The Morgan fingerprint density at radius 3 is 2.41 bits per heavy atom. The minimum absolute atomic E-state index is 0.332. The Hall–Kier alpha value is -1.06. The Balaban J connectivity index is 2.38. The van der Waals surface area contributed by atoms with Crippen molar-refractivity contribution < 1.29 is 5.11 Å². The van der Waals surface area contributed by atoms with Gasteiger partial charge in [-0.25, -0.2) is 0 Å². The second kappa shape index (κ2) is 7.30. The summed E-state index contributed by atoms with van der Waals surface area (Å²) in [7, 11) is 0. The molecule has 1 rings (SSSR count). The number of rotatable bonds is 7. The maximum atomic E-state index is 9.23. The third kappa shape index (κ3) is 5.71. The first-order valence-corrected chi connectivity index (χ1v) is 6.35. The average molecular weight is 236 g/mol. The van der Waals surface area contributed by atoms with Gasteiger partial charge in [0.15, 0.2) is 0 Å². The largest absolute Gasteiger partial charge is 0.508 e. The molecule has 1 aromatic rings. The number of phenolic OH excluding ortho intramolecular Hbond substituents is 1. The minimum Gasteiger partial charge on any atom is -0.508 e. The summed E-state index contributed by atoms with van der Waals surface area (Å²) in [5.41, 5.74) is 1.24. The monoisotopic (exact) mass is 236 g/mol. The fraction of sp³-hybridized carbons (Fsp3) is 0.571. The van der Waals surface area contributed by atoms with Crippen molar-refractivity contribution in [2.45, 2.75) is 33.4 Å². The summed E-state index contributed by atoms with van der Waals surface area (Å²) in [6, 6.07) is 8.00. The van der Waals surface area contributed by atoms with Crippen LogP contribution in [0.5, 0.6) is 5.75 Å². The van der Waals surface area contributed by atoms with Crippen molar-refractivity contribution in [3.8, 4) is 5.75 Å². The molecule has 0 radical (unpaired) electrons. The average Bonchev–Trinajstić information content (AvgIpc) is 2.30. The number of nitrogens with zero attached hydrogens (tertiary/aromatic N) is 1. The van der Waals surface area contributed by atoms with Crippen LogP contribution in [0.15, 0.2) is 24.3 Å². The van der Waals surface area contributed by atoms with Gasteiger partial charge in [-0.1, -0.05) is 32.9 Å². The standard InChI is InChI=1S/C14H24N2O/c1-4-16(10-9-15-12(2)3)11-13-5-7-14(17)8-6-13/h5-8,12,15,17H,4,9-11H2,1-3H3. The molecular weight excluding hydrogens is 212 g/mol. The fourth-order valence-electron chi connectivity index (χ4n) is 1.72. The zero-order chi connectivity index (χ0) is 12.7. The molecule has 0 unspecified atom stereocenters. The maximum absolute atomic E-state index is 9.23. The Bertz CT molecular complexity index is 309. The molecule has 0 aliphatic heterocycles. The number of hydrogen-bond acceptors (Lipinski definition) is 3. The van der Waals surface area contributed by atoms with E-state index in [2.05, 4.69) is 31.0 Å². The Morgan fingerprint density at radius 2 is 1.88 bits per heavy atom. The molecule has 2 N–H and O–H groups in total. The van der Waals surface area contributed by atoms with Gasteiger partial charge >= 0.3 is 0 Å². The zero-order valence-corrected chi connectivity index (χ0v) is 11.1. The molecule has 96 valence electrons. The number of nitrogens with one attached hydrogen (secondary N) is 1. The molecule has 0 saturated heterocycles. The summed E-state index contributed by atoms with van der Waals surface area (Å²) in [5.74, 6) is 0.332. The lowest BCUT2D eigenvalue weighted by Crippen LogP contribution is -2.34. The number of aromatic hydroxyl groups is 1. The summed E-state index contributed by atoms with van der Waals surface area (Å²) in [6.07, 6.45) is 0. The third-order valence-corrected chi connectivity index (χ3v) is 2.77. The van der Waals surface area contributed by atoms with Gasteiger partial charge in [0.1, 0.15) is 5.75 Å². The molecule has 0 aromatic heterocycles. The highest BCUT2D eigenvalue weighted by atomic mass is 16.3. The van der Waals surface area contributed by atoms with Gasteiger partial charge in [-0.05, 0) is 24.2 Å². The summed E-state index contributed by atoms with van der Waals surface area (Å²) in [6.45, 7) is 10.6. The smallest absolute Gasteiger partial charge is 0.115 e. The second-order valence-corrected chi connectivity index (χ2v) is 4.64. The van der Waals surface area contributed by atoms with Crippen molar-refractivity contribution in [2.24, 2.45) is 0 Å². The third-order valence-electron chi connectivity index (χ3n) is 2.77. The highest BCUT2D eigenvalue weighted by Gasteiger charge is 2.03. The van der Waals surface area contributed by atoms with Gasteiger partial charge in [-0.3, -0.25) is 4.90 Å². The van der Waals surface area contributed by atoms with Crippen LogP contribution in [0.4, 0.5) is 0 Å². The van der Waals surface area contributed by atoms with E-state index in [0.29, 0.717) is 11.8 Å². The maximum Gasteiger partial charge on any atom is 0.115 e. The van der Waals surface area contributed by atoms with Gasteiger partial charge in [0.25, 0.3) is 0 Å². The fourth-order valence-corrected chi connectivity index (χ4v) is 1.72. The highest BCUT2D eigenvalue weighted by Crippen LogP contribution is 2.11. The lowest BCUT2D eigenvalue weighted by Gasteiger charge is -2.21. The normalized spacial score (nSPS) is 11.4. The molecule has 17 heavy (non-hydrogen) atoms. The second-order valence-electron chi connectivity index (χ2n) is 4.64. The van der Waals surface area contributed by atoms with Crippen LogP contribution in [0.2, 0.25) is 0 Å². The molecular formula is C14H24N2O. The molecule has 0 atom stereocenters. The zero-order valence-electron chi connectivity index (χ0n) is 11.1. The van der Waals surface area contributed by atoms with Crippen LogP contribution < -0.4 is 5.32 Å². The lowest BCUT2D eigenvalue weighted by molar-refractivity contribution is 0.276. The lowest BCUT2D eigenvalue weighted by atomic mass is 10.2. The molecule has 3 heteroatoms. The van der Waals surface area contributed by atoms with Crippen molar-refractivity contribution in [1.82, 2.24) is 10.2 Å². The molecule has 0 bridgehead atoms. The molecule has 0 saturated carbocycles. The van der Waals surface area contributed by atoms with E-state index in [-0.39, 0.29) is 0 Å². The van der Waals surface area contributed by atoms with Crippen LogP contribution >= 0.6 is 0 Å². The molecule has 0 aliphatic carbocycles. The van der Waals surface area contributed by atoms with E-state index in [4.69, 9.17) is 0 Å². The molecule has 0 fully saturated rings. The number of benzene rings is 1. The first kappa shape index (κ1) is 14.0. The Morgan fingerprint density at radius 1 is 1.24 bits per heavy atom. The number of likely N-dealkylation sites (N-methyl/N-ethyl adjacent to an activating group) is 1. The van der Waals surface area contributed by atoms with Gasteiger partial charge in [-0.2, -0.15) is 0 Å². The van der Waals surface area contributed by atoms with Gasteiger partial charge in [0.05, 0.1) is 0 Å². The van der Waals surface area contributed by atoms with E-state index in [0.717, 1.165) is 26.2 Å². The van der Waals surface area contributed by atoms with E-state index in [9.17, 15) is 5.11 Å². The van der Waals surface area contributed by atoms with Crippen LogP contribution in [-0.2, 0) is 6.54 Å². The van der Waals surface area contributed by atoms with Gasteiger partial charge in [-0.15, -0.1) is 0 Å². The summed E-state index contributed by atoms with van der Waals surface area (Å²) in [5, 5.41) is 12.7. The van der Waals surface area contributed by atoms with Crippen LogP contribution in [0.25, 0.3) is 0 Å². The SMILES string of the molecule is CCN(CCNC(C)C)Cc1ccc(O)cc1. The van der Waals surface area contributed by atoms with Crippen LogP contribution in [-0.4, -0.2) is 35.7 Å². The molecule has 1 aromatic carbocycles.